The standard InChI is InChI=1S/C18H16O4/c19-16(20)14-10-11-18(17(21)22,12-6-2-1-3-7-12)15-9-5-4-8-13(14)15/h1-9,14H,10-11H2,(H,19,20)(H,21,22)/p-2/t14-,18-/m1/s1. The number of rotatable bonds is 3. The van der Waals surface area contributed by atoms with Crippen molar-refractivity contribution in [3.8, 4) is 0 Å². The van der Waals surface area contributed by atoms with E-state index in [-0.39, 0.29) is 12.8 Å². The molecule has 22 heavy (non-hydrogen) atoms. The number of aliphatic carboxylic acids is 2. The number of hydrogen-bond donors (Lipinski definition) is 0. The van der Waals surface area contributed by atoms with E-state index in [1.807, 2.05) is 6.07 Å². The highest BCUT2D eigenvalue weighted by Crippen LogP contribution is 2.46. The van der Waals surface area contributed by atoms with E-state index in [1.165, 1.54) is 0 Å². The lowest BCUT2D eigenvalue weighted by Gasteiger charge is -2.43. The van der Waals surface area contributed by atoms with Crippen LogP contribution in [-0.2, 0) is 15.0 Å². The van der Waals surface area contributed by atoms with Gasteiger partial charge < -0.3 is 19.8 Å². The Morgan fingerprint density at radius 1 is 0.955 bits per heavy atom. The first-order valence-corrected chi connectivity index (χ1v) is 7.14. The second-order valence-corrected chi connectivity index (χ2v) is 5.56. The maximum atomic E-state index is 12.0. The zero-order valence-electron chi connectivity index (χ0n) is 11.8. The number of carboxylic acid groups (broad SMARTS) is 2. The third kappa shape index (κ3) is 1.99. The van der Waals surface area contributed by atoms with E-state index in [9.17, 15) is 19.8 Å². The van der Waals surface area contributed by atoms with Crippen molar-refractivity contribution in [1.29, 1.82) is 0 Å². The van der Waals surface area contributed by atoms with Crippen LogP contribution in [0.25, 0.3) is 0 Å². The Hall–Kier alpha value is -2.62. The number of carbonyl (C=O) groups excluding carboxylic acids is 2. The van der Waals surface area contributed by atoms with Crippen LogP contribution in [0.2, 0.25) is 0 Å². The SMILES string of the molecule is O=C([O-])[C@@H]1CC[C@@](C(=O)[O-])(c2ccccc2)c2ccccc21. The van der Waals surface area contributed by atoms with Crippen molar-refractivity contribution >= 4 is 11.9 Å². The number of hydrogen-bond acceptors (Lipinski definition) is 4. The van der Waals surface area contributed by atoms with Gasteiger partial charge in [-0.25, -0.2) is 0 Å². The average molecular weight is 294 g/mol. The highest BCUT2D eigenvalue weighted by atomic mass is 16.4. The monoisotopic (exact) mass is 294 g/mol. The van der Waals surface area contributed by atoms with Gasteiger partial charge in [0, 0.05) is 11.9 Å². The topological polar surface area (TPSA) is 80.3 Å². The van der Waals surface area contributed by atoms with Gasteiger partial charge >= 0.3 is 0 Å². The molecule has 2 aromatic carbocycles. The van der Waals surface area contributed by atoms with Gasteiger partial charge in [-0.1, -0.05) is 54.6 Å². The molecule has 0 saturated heterocycles. The molecule has 0 saturated carbocycles. The molecule has 4 nitrogen and oxygen atoms in total. The van der Waals surface area contributed by atoms with Crippen molar-refractivity contribution < 1.29 is 19.8 Å². The Morgan fingerprint density at radius 2 is 1.59 bits per heavy atom. The quantitative estimate of drug-likeness (QED) is 0.818. The highest BCUT2D eigenvalue weighted by Gasteiger charge is 2.42. The van der Waals surface area contributed by atoms with E-state index in [4.69, 9.17) is 0 Å². The zero-order chi connectivity index (χ0) is 15.7. The molecule has 0 radical (unpaired) electrons. The predicted octanol–water partition coefficient (Wildman–Crippen LogP) is 0.350. The molecule has 0 aliphatic heterocycles. The van der Waals surface area contributed by atoms with Crippen molar-refractivity contribution in [2.45, 2.75) is 24.2 Å². The Kier molecular flexibility index (Phi) is 3.45. The van der Waals surface area contributed by atoms with Crippen LogP contribution in [0, 0.1) is 0 Å². The van der Waals surface area contributed by atoms with E-state index in [1.54, 1.807) is 48.5 Å². The molecule has 1 aliphatic rings. The lowest BCUT2D eigenvalue weighted by atomic mass is 9.63. The van der Waals surface area contributed by atoms with Crippen LogP contribution in [0.1, 0.15) is 35.4 Å². The minimum absolute atomic E-state index is 0.176. The summed E-state index contributed by atoms with van der Waals surface area (Å²) in [5, 5.41) is 23.4. The van der Waals surface area contributed by atoms with E-state index in [0.717, 1.165) is 0 Å². The Bertz CT molecular complexity index is 723. The van der Waals surface area contributed by atoms with Crippen LogP contribution in [0.4, 0.5) is 0 Å². The molecule has 1 aliphatic carbocycles. The normalized spacial score (nSPS) is 23.5. The van der Waals surface area contributed by atoms with E-state index in [0.29, 0.717) is 16.7 Å². The van der Waals surface area contributed by atoms with Gasteiger partial charge in [-0.2, -0.15) is 0 Å². The third-order valence-electron chi connectivity index (χ3n) is 4.50. The maximum Gasteiger partial charge on any atom is 0.0600 e. The number of carboxylic acids is 2. The first-order chi connectivity index (χ1) is 10.6. The van der Waals surface area contributed by atoms with Gasteiger partial charge in [-0.3, -0.25) is 0 Å². The molecule has 0 aromatic heterocycles. The molecule has 0 amide bonds. The summed E-state index contributed by atoms with van der Waals surface area (Å²) in [6.07, 6.45) is 0.386. The van der Waals surface area contributed by atoms with Crippen LogP contribution < -0.4 is 10.2 Å². The van der Waals surface area contributed by atoms with Crippen LogP contribution in [0.5, 0.6) is 0 Å². The van der Waals surface area contributed by atoms with Crippen LogP contribution in [0.3, 0.4) is 0 Å². The van der Waals surface area contributed by atoms with Gasteiger partial charge in [-0.15, -0.1) is 0 Å². The summed E-state index contributed by atoms with van der Waals surface area (Å²) in [7, 11) is 0. The van der Waals surface area contributed by atoms with Crippen LogP contribution in [0.15, 0.2) is 54.6 Å². The Morgan fingerprint density at radius 3 is 2.23 bits per heavy atom. The number of carbonyl (C=O) groups is 2. The second-order valence-electron chi connectivity index (χ2n) is 5.56. The molecule has 112 valence electrons. The summed E-state index contributed by atoms with van der Waals surface area (Å²) >= 11 is 0. The fourth-order valence-electron chi connectivity index (χ4n) is 3.44. The largest absolute Gasteiger partial charge is 0.549 e. The minimum Gasteiger partial charge on any atom is -0.549 e. The molecular formula is C18H14O4-2. The molecule has 2 aromatic rings. The van der Waals surface area contributed by atoms with Crippen molar-refractivity contribution in [3.63, 3.8) is 0 Å². The van der Waals surface area contributed by atoms with Crippen molar-refractivity contribution in [2.75, 3.05) is 0 Å². The maximum absolute atomic E-state index is 12.0. The molecule has 2 atom stereocenters. The zero-order valence-corrected chi connectivity index (χ0v) is 11.8. The van der Waals surface area contributed by atoms with Crippen LogP contribution >= 0.6 is 0 Å². The van der Waals surface area contributed by atoms with E-state index >= 15 is 0 Å². The van der Waals surface area contributed by atoms with Crippen LogP contribution in [-0.4, -0.2) is 11.9 Å². The van der Waals surface area contributed by atoms with Gasteiger partial charge in [0.05, 0.1) is 11.4 Å². The Balaban J connectivity index is 2.27. The molecule has 0 spiro atoms. The summed E-state index contributed by atoms with van der Waals surface area (Å²) < 4.78 is 0. The molecule has 3 rings (SSSR count). The van der Waals surface area contributed by atoms with Gasteiger partial charge in [0.25, 0.3) is 0 Å². The minimum atomic E-state index is -1.32. The molecule has 0 unspecified atom stereocenters. The Labute approximate surface area is 128 Å². The van der Waals surface area contributed by atoms with E-state index < -0.39 is 23.3 Å². The molecule has 0 N–H and O–H groups in total. The lowest BCUT2D eigenvalue weighted by molar-refractivity contribution is -0.315. The summed E-state index contributed by atoms with van der Waals surface area (Å²) in [5.41, 5.74) is 0.284. The summed E-state index contributed by atoms with van der Waals surface area (Å²) in [4.78, 5) is 23.4. The van der Waals surface area contributed by atoms with Crippen molar-refractivity contribution in [2.24, 2.45) is 0 Å². The third-order valence-corrected chi connectivity index (χ3v) is 4.50. The van der Waals surface area contributed by atoms with Gasteiger partial charge in [0.1, 0.15) is 0 Å². The molecule has 4 heteroatoms. The molecule has 0 bridgehead atoms. The first kappa shape index (κ1) is 14.3. The van der Waals surface area contributed by atoms with Gasteiger partial charge in [0.2, 0.25) is 0 Å². The van der Waals surface area contributed by atoms with Gasteiger partial charge in [0.15, 0.2) is 0 Å². The number of fused-ring (bicyclic) bond motifs is 1. The van der Waals surface area contributed by atoms with Gasteiger partial charge in [-0.05, 0) is 29.5 Å². The molecular weight excluding hydrogens is 280 g/mol. The van der Waals surface area contributed by atoms with E-state index in [2.05, 4.69) is 0 Å². The lowest BCUT2D eigenvalue weighted by Crippen LogP contribution is -2.50. The smallest absolute Gasteiger partial charge is 0.0600 e. The first-order valence-electron chi connectivity index (χ1n) is 7.14. The summed E-state index contributed by atoms with van der Waals surface area (Å²) in [6.45, 7) is 0. The fraction of sp³-hybridized carbons (Fsp3) is 0.222. The summed E-state index contributed by atoms with van der Waals surface area (Å²) in [6, 6.07) is 15.6. The highest BCUT2D eigenvalue weighted by molar-refractivity contribution is 5.87. The van der Waals surface area contributed by atoms with Crippen molar-refractivity contribution in [1.82, 2.24) is 0 Å². The second kappa shape index (κ2) is 5.30. The number of benzene rings is 2. The molecule has 0 heterocycles. The fourth-order valence-corrected chi connectivity index (χ4v) is 3.44. The van der Waals surface area contributed by atoms with Crippen molar-refractivity contribution in [3.05, 3.63) is 71.3 Å². The predicted molar refractivity (Wildman–Crippen MR) is 75.7 cm³/mol. The average Bonchev–Trinajstić information content (AvgIpc) is 2.54. The summed E-state index contributed by atoms with van der Waals surface area (Å²) in [5.74, 6) is -3.16. The molecule has 0 fully saturated rings.